The minimum atomic E-state index is -0.232. The maximum absolute atomic E-state index is 12.6. The van der Waals surface area contributed by atoms with Crippen LogP contribution in [0, 0.1) is 6.92 Å². The predicted octanol–water partition coefficient (Wildman–Crippen LogP) is 4.66. The van der Waals surface area contributed by atoms with Crippen LogP contribution in [0.4, 0.5) is 11.1 Å². The lowest BCUT2D eigenvalue weighted by Gasteiger charge is -2.11. The second-order valence-corrected chi connectivity index (χ2v) is 8.31. The van der Waals surface area contributed by atoms with Crippen molar-refractivity contribution in [1.29, 1.82) is 0 Å². The summed E-state index contributed by atoms with van der Waals surface area (Å²) in [7, 11) is 0. The van der Waals surface area contributed by atoms with Crippen molar-refractivity contribution in [3.63, 3.8) is 0 Å². The largest absolute Gasteiger partial charge is 0.368 e. The van der Waals surface area contributed by atoms with Gasteiger partial charge in [0, 0.05) is 16.5 Å². The Balaban J connectivity index is 1.78. The third-order valence-electron chi connectivity index (χ3n) is 4.07. The Hall–Kier alpha value is -2.84. The Bertz CT molecular complexity index is 1170. The maximum atomic E-state index is 12.6. The zero-order chi connectivity index (χ0) is 19.0. The summed E-state index contributed by atoms with van der Waals surface area (Å²) in [5, 5.41) is 4.23. The molecule has 2 aromatic carbocycles. The van der Waals surface area contributed by atoms with Crippen LogP contribution in [-0.4, -0.2) is 20.9 Å². The first-order valence-electron chi connectivity index (χ1n) is 8.07. The maximum Gasteiger partial charge on any atom is 0.257 e. The van der Waals surface area contributed by atoms with Gasteiger partial charge in [0.15, 0.2) is 5.13 Å². The molecule has 0 fully saturated rings. The number of hydrogen-bond acceptors (Lipinski definition) is 6. The number of amides is 1. The van der Waals surface area contributed by atoms with Crippen molar-refractivity contribution >= 4 is 55.2 Å². The molecule has 2 heterocycles. The van der Waals surface area contributed by atoms with Gasteiger partial charge in [0.25, 0.3) is 5.91 Å². The van der Waals surface area contributed by atoms with E-state index in [1.165, 1.54) is 11.3 Å². The van der Waals surface area contributed by atoms with E-state index in [2.05, 4.69) is 36.2 Å². The van der Waals surface area contributed by atoms with Crippen molar-refractivity contribution in [2.24, 2.45) is 0 Å². The van der Waals surface area contributed by atoms with Crippen molar-refractivity contribution in [2.45, 2.75) is 6.92 Å². The number of nitrogens with one attached hydrogen (secondary N) is 1. The average molecular weight is 440 g/mol. The molecular weight excluding hydrogens is 426 g/mol. The number of carbonyl (C=O) groups excluding carboxylic acids is 1. The first-order chi connectivity index (χ1) is 13.0. The molecule has 3 N–H and O–H groups in total. The molecule has 1 amide bonds. The number of thiazole rings is 1. The summed E-state index contributed by atoms with van der Waals surface area (Å²) in [4.78, 5) is 25.5. The summed E-state index contributed by atoms with van der Waals surface area (Å²) >= 11 is 4.69. The van der Waals surface area contributed by atoms with Gasteiger partial charge in [-0.2, -0.15) is 0 Å². The van der Waals surface area contributed by atoms with E-state index >= 15 is 0 Å². The van der Waals surface area contributed by atoms with Gasteiger partial charge in [-0.1, -0.05) is 35.6 Å². The van der Waals surface area contributed by atoms with E-state index in [0.29, 0.717) is 16.4 Å². The molecule has 134 valence electrons. The van der Waals surface area contributed by atoms with E-state index in [9.17, 15) is 4.79 Å². The summed E-state index contributed by atoms with van der Waals surface area (Å²) in [6.45, 7) is 1.97. The number of benzene rings is 2. The van der Waals surface area contributed by atoms with E-state index in [4.69, 9.17) is 5.73 Å². The number of aromatic nitrogens is 3. The van der Waals surface area contributed by atoms with Gasteiger partial charge in [0.2, 0.25) is 5.95 Å². The van der Waals surface area contributed by atoms with E-state index in [1.54, 1.807) is 12.3 Å². The average Bonchev–Trinajstić information content (AvgIpc) is 3.06. The van der Waals surface area contributed by atoms with Gasteiger partial charge in [0.1, 0.15) is 0 Å². The van der Waals surface area contributed by atoms with Crippen LogP contribution in [0.1, 0.15) is 15.9 Å². The fourth-order valence-electron chi connectivity index (χ4n) is 2.80. The van der Waals surface area contributed by atoms with Crippen molar-refractivity contribution in [2.75, 3.05) is 11.1 Å². The van der Waals surface area contributed by atoms with E-state index in [0.717, 1.165) is 25.8 Å². The number of nitrogen functional groups attached to an aromatic ring is 1. The highest BCUT2D eigenvalue weighted by atomic mass is 79.9. The number of hydrogen-bond donors (Lipinski definition) is 2. The Kier molecular flexibility index (Phi) is 4.59. The van der Waals surface area contributed by atoms with Crippen LogP contribution in [0.3, 0.4) is 0 Å². The number of anilines is 2. The molecule has 0 spiro atoms. The molecule has 4 rings (SSSR count). The molecule has 0 unspecified atom stereocenters. The number of carbonyl (C=O) groups is 1. The molecule has 27 heavy (non-hydrogen) atoms. The zero-order valence-corrected chi connectivity index (χ0v) is 16.6. The fourth-order valence-corrected chi connectivity index (χ4v) is 3.90. The van der Waals surface area contributed by atoms with Crippen LogP contribution in [0.25, 0.3) is 22.2 Å². The van der Waals surface area contributed by atoms with Crippen LogP contribution in [0.5, 0.6) is 0 Å². The normalized spacial score (nSPS) is 10.9. The molecule has 0 atom stereocenters. The number of nitrogens with zero attached hydrogens (tertiary/aromatic N) is 3. The highest BCUT2D eigenvalue weighted by Crippen LogP contribution is 2.30. The lowest BCUT2D eigenvalue weighted by molar-refractivity contribution is 0.102. The highest BCUT2D eigenvalue weighted by molar-refractivity contribution is 9.11. The Morgan fingerprint density at radius 3 is 2.78 bits per heavy atom. The molecule has 0 saturated carbocycles. The molecule has 2 aromatic heterocycles. The number of nitrogens with two attached hydrogens (primary N) is 1. The topological polar surface area (TPSA) is 93.8 Å². The molecule has 0 aliphatic heterocycles. The molecule has 0 saturated heterocycles. The lowest BCUT2D eigenvalue weighted by atomic mass is 9.99. The molecular formula is C19H14BrN5OS. The molecule has 8 heteroatoms. The minimum absolute atomic E-state index is 0.200. The molecule has 0 bridgehead atoms. The summed E-state index contributed by atoms with van der Waals surface area (Å²) in [6.07, 6.45) is 1.65. The zero-order valence-electron chi connectivity index (χ0n) is 14.2. The van der Waals surface area contributed by atoms with Gasteiger partial charge in [0.05, 0.1) is 21.2 Å². The lowest BCUT2D eigenvalue weighted by Crippen LogP contribution is -2.12. The van der Waals surface area contributed by atoms with Gasteiger partial charge in [-0.25, -0.2) is 15.0 Å². The minimum Gasteiger partial charge on any atom is -0.368 e. The molecule has 0 radical (unpaired) electrons. The third-order valence-corrected chi connectivity index (χ3v) is 5.46. The van der Waals surface area contributed by atoms with Gasteiger partial charge in [-0.3, -0.25) is 10.1 Å². The Labute approximate surface area is 167 Å². The number of fused-ring (bicyclic) bond motifs is 1. The third kappa shape index (κ3) is 3.54. The van der Waals surface area contributed by atoms with Crippen molar-refractivity contribution in [1.82, 2.24) is 15.0 Å². The van der Waals surface area contributed by atoms with Crippen LogP contribution in [0.15, 0.2) is 52.4 Å². The highest BCUT2D eigenvalue weighted by Gasteiger charge is 2.15. The second-order valence-electron chi connectivity index (χ2n) is 5.90. The monoisotopic (exact) mass is 439 g/mol. The van der Waals surface area contributed by atoms with Crippen molar-refractivity contribution < 1.29 is 4.79 Å². The SMILES string of the molecule is Cc1ccc(C(=O)Nc2ncc(Br)s2)cc1-c1nc(N)nc2ccccc12. The number of aryl methyl sites for hydroxylation is 1. The Morgan fingerprint density at radius 1 is 1.19 bits per heavy atom. The number of halogens is 1. The quantitative estimate of drug-likeness (QED) is 0.483. The predicted molar refractivity (Wildman–Crippen MR) is 112 cm³/mol. The summed E-state index contributed by atoms with van der Waals surface area (Å²) in [5.41, 5.74) is 9.73. The first kappa shape index (κ1) is 17.6. The van der Waals surface area contributed by atoms with Gasteiger partial charge < -0.3 is 5.73 Å². The van der Waals surface area contributed by atoms with Crippen LogP contribution in [-0.2, 0) is 0 Å². The van der Waals surface area contributed by atoms with Gasteiger partial charge in [-0.05, 0) is 46.6 Å². The molecule has 4 aromatic rings. The fraction of sp³-hybridized carbons (Fsp3) is 0.0526. The number of rotatable bonds is 3. The van der Waals surface area contributed by atoms with Crippen LogP contribution >= 0.6 is 27.3 Å². The number of para-hydroxylation sites is 1. The Morgan fingerprint density at radius 2 is 2.00 bits per heavy atom. The second kappa shape index (κ2) is 7.05. The van der Waals surface area contributed by atoms with Crippen LogP contribution < -0.4 is 11.1 Å². The summed E-state index contributed by atoms with van der Waals surface area (Å²) in [6, 6.07) is 13.2. The van der Waals surface area contributed by atoms with Crippen molar-refractivity contribution in [3.05, 3.63) is 63.6 Å². The van der Waals surface area contributed by atoms with Crippen LogP contribution in [0.2, 0.25) is 0 Å². The first-order valence-corrected chi connectivity index (χ1v) is 9.68. The van der Waals surface area contributed by atoms with Crippen molar-refractivity contribution in [3.8, 4) is 11.3 Å². The molecule has 0 aliphatic carbocycles. The van der Waals surface area contributed by atoms with Gasteiger partial charge in [-0.15, -0.1) is 0 Å². The van der Waals surface area contributed by atoms with E-state index < -0.39 is 0 Å². The summed E-state index contributed by atoms with van der Waals surface area (Å²) < 4.78 is 0.852. The van der Waals surface area contributed by atoms with E-state index in [-0.39, 0.29) is 11.9 Å². The molecule has 6 nitrogen and oxygen atoms in total. The van der Waals surface area contributed by atoms with E-state index in [1.807, 2.05) is 43.3 Å². The molecule has 0 aliphatic rings. The smallest absolute Gasteiger partial charge is 0.257 e. The summed E-state index contributed by atoms with van der Waals surface area (Å²) in [5.74, 6) is -0.0324. The standard InChI is InChI=1S/C19H14BrN5OS/c1-10-6-7-11(17(26)25-19-22-9-15(20)27-19)8-13(10)16-12-4-2-3-5-14(12)23-18(21)24-16/h2-9H,1H3,(H2,21,23,24)(H,22,25,26). The van der Waals surface area contributed by atoms with Gasteiger partial charge >= 0.3 is 0 Å².